The number of ether oxygens (including phenoxy) is 4. The van der Waals surface area contributed by atoms with Crippen LogP contribution < -0.4 is 10.4 Å². The van der Waals surface area contributed by atoms with Gasteiger partial charge in [-0.15, -0.1) is 6.58 Å². The number of benzene rings is 2. The second kappa shape index (κ2) is 14.8. The van der Waals surface area contributed by atoms with Crippen LogP contribution in [0.4, 0.5) is 0 Å². The van der Waals surface area contributed by atoms with Crippen LogP contribution >= 0.6 is 0 Å². The van der Waals surface area contributed by atoms with Crippen LogP contribution in [0.1, 0.15) is 87.0 Å². The second-order valence-electron chi connectivity index (χ2n) is 14.6. The maximum Gasteiger partial charge on any atom is 0.261 e. The quantitative estimate of drug-likeness (QED) is 0.136. The Morgan fingerprint density at radius 1 is 0.911 bits per heavy atom. The smallest absolute Gasteiger partial charge is 0.261 e. The van der Waals surface area contributed by atoms with Crippen molar-refractivity contribution in [3.63, 3.8) is 0 Å². The van der Waals surface area contributed by atoms with Gasteiger partial charge in [0.15, 0.2) is 11.6 Å². The van der Waals surface area contributed by atoms with Crippen molar-refractivity contribution in [2.75, 3.05) is 6.61 Å². The molecule has 0 amide bonds. The first-order valence-electron chi connectivity index (χ1n) is 16.6. The molecular weight excluding hydrogens is 580 g/mol. The molecule has 2 heterocycles. The summed E-state index contributed by atoms with van der Waals surface area (Å²) in [4.78, 5) is 0. The number of hydrogen-bond donors (Lipinski definition) is 1. The maximum absolute atomic E-state index is 11.4. The zero-order valence-electron chi connectivity index (χ0n) is 28.6. The third-order valence-corrected chi connectivity index (χ3v) is 14.0. The van der Waals surface area contributed by atoms with Crippen LogP contribution in [0.5, 0.6) is 0 Å². The lowest BCUT2D eigenvalue weighted by molar-refractivity contribution is -0.310. The van der Waals surface area contributed by atoms with Gasteiger partial charge in [0.2, 0.25) is 0 Å². The van der Waals surface area contributed by atoms with E-state index in [0.29, 0.717) is 25.0 Å². The van der Waals surface area contributed by atoms with Gasteiger partial charge in [-0.3, -0.25) is 0 Å². The highest BCUT2D eigenvalue weighted by atomic mass is 28.4. The Morgan fingerprint density at radius 2 is 1.47 bits per heavy atom. The van der Waals surface area contributed by atoms with E-state index in [1.54, 1.807) is 0 Å². The molecule has 7 heteroatoms. The SMILES string of the molecule is C=CCC[C@H]1C[C@@H]([C@H](O)C(=C)C[C@@H]2OC(C)(C)O[C@H]2CCCO[Si](c2ccccc2)(c2ccccc2)C(C)(C)C)OC(C)(C)O1. The fourth-order valence-electron chi connectivity index (χ4n) is 7.06. The van der Waals surface area contributed by atoms with Crippen molar-refractivity contribution >= 4 is 18.7 Å². The number of hydrogen-bond acceptors (Lipinski definition) is 6. The summed E-state index contributed by atoms with van der Waals surface area (Å²) >= 11 is 0. The molecule has 0 spiro atoms. The van der Waals surface area contributed by atoms with Gasteiger partial charge in [-0.25, -0.2) is 0 Å². The molecule has 0 unspecified atom stereocenters. The normalized spacial score (nSPS) is 25.5. The van der Waals surface area contributed by atoms with Crippen molar-refractivity contribution in [3.8, 4) is 0 Å². The van der Waals surface area contributed by atoms with Crippen LogP contribution in [0.25, 0.3) is 0 Å². The molecule has 2 aromatic carbocycles. The number of aliphatic hydroxyl groups is 1. The summed E-state index contributed by atoms with van der Waals surface area (Å²) in [6, 6.07) is 21.5. The summed E-state index contributed by atoms with van der Waals surface area (Å²) in [6.45, 7) is 23.3. The largest absolute Gasteiger partial charge is 0.407 e. The zero-order valence-corrected chi connectivity index (χ0v) is 29.6. The first-order valence-corrected chi connectivity index (χ1v) is 18.5. The molecule has 6 nitrogen and oxygen atoms in total. The molecule has 2 saturated heterocycles. The Bertz CT molecular complexity index is 1200. The molecule has 2 aromatic rings. The van der Waals surface area contributed by atoms with Crippen molar-refractivity contribution in [1.82, 2.24) is 0 Å². The Labute approximate surface area is 272 Å². The third-order valence-electron chi connectivity index (χ3n) is 8.96. The summed E-state index contributed by atoms with van der Waals surface area (Å²) < 4.78 is 32.2. The minimum absolute atomic E-state index is 0.00696. The molecule has 4 rings (SSSR count). The zero-order chi connectivity index (χ0) is 32.9. The van der Waals surface area contributed by atoms with Crippen LogP contribution in [0.2, 0.25) is 5.04 Å². The van der Waals surface area contributed by atoms with E-state index in [0.717, 1.165) is 25.7 Å². The minimum atomic E-state index is -2.61. The monoisotopic (exact) mass is 636 g/mol. The first-order chi connectivity index (χ1) is 21.2. The molecule has 0 aliphatic carbocycles. The van der Waals surface area contributed by atoms with E-state index < -0.39 is 32.1 Å². The van der Waals surface area contributed by atoms with Crippen molar-refractivity contribution in [2.24, 2.45) is 0 Å². The lowest BCUT2D eigenvalue weighted by Crippen LogP contribution is -2.66. The van der Waals surface area contributed by atoms with Gasteiger partial charge >= 0.3 is 0 Å². The molecule has 2 aliphatic heterocycles. The summed E-state index contributed by atoms with van der Waals surface area (Å²) in [5.41, 5.74) is 0.694. The van der Waals surface area contributed by atoms with Gasteiger partial charge in [-0.05, 0) is 80.8 Å². The van der Waals surface area contributed by atoms with Gasteiger partial charge in [0.05, 0.1) is 24.4 Å². The van der Waals surface area contributed by atoms with Crippen molar-refractivity contribution in [3.05, 3.63) is 85.5 Å². The highest BCUT2D eigenvalue weighted by Gasteiger charge is 2.50. The van der Waals surface area contributed by atoms with Crippen LogP contribution in [0.15, 0.2) is 85.5 Å². The summed E-state index contributed by atoms with van der Waals surface area (Å²) in [5.74, 6) is -1.50. The highest BCUT2D eigenvalue weighted by molar-refractivity contribution is 6.99. The van der Waals surface area contributed by atoms with Gasteiger partial charge in [0.1, 0.15) is 6.10 Å². The van der Waals surface area contributed by atoms with Gasteiger partial charge < -0.3 is 28.5 Å². The summed E-state index contributed by atoms with van der Waals surface area (Å²) in [5, 5.41) is 13.9. The molecule has 1 N–H and O–H groups in total. The van der Waals surface area contributed by atoms with Crippen LogP contribution in [-0.2, 0) is 23.4 Å². The number of allylic oxidation sites excluding steroid dienone is 1. The molecule has 248 valence electrons. The molecule has 45 heavy (non-hydrogen) atoms. The van der Waals surface area contributed by atoms with Crippen LogP contribution in [0.3, 0.4) is 0 Å². The molecule has 0 aromatic heterocycles. The van der Waals surface area contributed by atoms with Crippen molar-refractivity contribution in [2.45, 2.75) is 134 Å². The molecular formula is C38H56O6Si. The number of aliphatic hydroxyl groups excluding tert-OH is 1. The fourth-order valence-corrected chi connectivity index (χ4v) is 11.7. The van der Waals surface area contributed by atoms with E-state index in [-0.39, 0.29) is 23.4 Å². The summed E-state index contributed by atoms with van der Waals surface area (Å²) in [6.07, 6.45) is 4.70. The predicted octanol–water partition coefficient (Wildman–Crippen LogP) is 7.05. The molecule has 2 fully saturated rings. The van der Waals surface area contributed by atoms with Gasteiger partial charge in [0, 0.05) is 13.0 Å². The highest BCUT2D eigenvalue weighted by Crippen LogP contribution is 2.39. The van der Waals surface area contributed by atoms with E-state index in [2.05, 4.69) is 94.6 Å². The average molecular weight is 637 g/mol. The van der Waals surface area contributed by atoms with Gasteiger partial charge in [0.25, 0.3) is 8.32 Å². The fraction of sp³-hybridized carbons (Fsp3) is 0.579. The molecule has 0 radical (unpaired) electrons. The van der Waals surface area contributed by atoms with Gasteiger partial charge in [-0.2, -0.15) is 0 Å². The number of rotatable bonds is 14. The molecule has 5 atom stereocenters. The Hall–Kier alpha value is -2.10. The Balaban J connectivity index is 1.42. The standard InChI is InChI=1S/C38H56O6Si/c1-10-11-19-29-27-34(44-37(6,7)41-29)35(39)28(2)26-33-32(42-38(8,9)43-33)24-18-25-40-45(36(3,4)5,30-20-14-12-15-21-30)31-22-16-13-17-23-31/h10,12-17,20-23,29,32-35,39H,1-2,11,18-19,24-27H2,3-9H3/t29-,32-,33-,34-,35+/m0/s1. The third kappa shape index (κ3) is 8.83. The minimum Gasteiger partial charge on any atom is -0.407 e. The second-order valence-corrected chi connectivity index (χ2v) is 18.9. The molecule has 2 aliphatic rings. The lowest BCUT2D eigenvalue weighted by atomic mass is 9.92. The Kier molecular flexibility index (Phi) is 11.7. The van der Waals surface area contributed by atoms with E-state index in [9.17, 15) is 5.11 Å². The maximum atomic E-state index is 11.4. The topological polar surface area (TPSA) is 66.4 Å². The van der Waals surface area contributed by atoms with E-state index >= 15 is 0 Å². The molecule has 0 bridgehead atoms. The van der Waals surface area contributed by atoms with E-state index in [1.807, 2.05) is 33.8 Å². The van der Waals surface area contributed by atoms with E-state index in [1.165, 1.54) is 10.4 Å². The van der Waals surface area contributed by atoms with Gasteiger partial charge in [-0.1, -0.05) is 94.1 Å². The predicted molar refractivity (Wildman–Crippen MR) is 184 cm³/mol. The van der Waals surface area contributed by atoms with Crippen molar-refractivity contribution < 1.29 is 28.5 Å². The van der Waals surface area contributed by atoms with E-state index in [4.69, 9.17) is 23.4 Å². The van der Waals surface area contributed by atoms with Crippen molar-refractivity contribution in [1.29, 1.82) is 0 Å². The Morgan fingerprint density at radius 3 is 2.02 bits per heavy atom. The summed E-state index contributed by atoms with van der Waals surface area (Å²) in [7, 11) is -2.61. The lowest BCUT2D eigenvalue weighted by Gasteiger charge is -2.43. The average Bonchev–Trinajstić information content (AvgIpc) is 3.27. The molecule has 0 saturated carbocycles. The van der Waals surface area contributed by atoms with Crippen LogP contribution in [0, 0.1) is 0 Å². The first kappa shape index (κ1) is 35.7. The van der Waals surface area contributed by atoms with Crippen LogP contribution in [-0.4, -0.2) is 62.1 Å².